The monoisotopic (exact) mass is 422 g/mol. The number of amides is 1. The highest BCUT2D eigenvalue weighted by atomic mass is 16.2. The largest absolute Gasteiger partial charge is 0.337 e. The third-order valence-electron chi connectivity index (χ3n) is 6.05. The van der Waals surface area contributed by atoms with E-state index in [2.05, 4.69) is 22.0 Å². The summed E-state index contributed by atoms with van der Waals surface area (Å²) in [6, 6.07) is 24.1. The van der Waals surface area contributed by atoms with E-state index in [4.69, 9.17) is 4.98 Å². The van der Waals surface area contributed by atoms with Crippen LogP contribution < -0.4 is 0 Å². The molecule has 0 unspecified atom stereocenters. The number of fused-ring (bicyclic) bond motifs is 1. The van der Waals surface area contributed by atoms with Gasteiger partial charge < -0.3 is 4.90 Å². The molecule has 4 aromatic rings. The minimum absolute atomic E-state index is 0.0894. The van der Waals surface area contributed by atoms with Crippen molar-refractivity contribution in [2.45, 2.75) is 13.0 Å². The van der Waals surface area contributed by atoms with Crippen LogP contribution >= 0.6 is 0 Å². The van der Waals surface area contributed by atoms with Crippen LogP contribution in [0, 0.1) is 0 Å². The Morgan fingerprint density at radius 3 is 2.47 bits per heavy atom. The molecule has 0 N–H and O–H groups in total. The summed E-state index contributed by atoms with van der Waals surface area (Å²) in [5.74, 6) is 0.0894. The van der Waals surface area contributed by atoms with Gasteiger partial charge in [0, 0.05) is 56.1 Å². The Morgan fingerprint density at radius 2 is 1.62 bits per heavy atom. The first-order valence-electron chi connectivity index (χ1n) is 11.1. The van der Waals surface area contributed by atoms with Gasteiger partial charge in [0.1, 0.15) is 0 Å². The molecule has 5 heteroatoms. The maximum atomic E-state index is 13.7. The van der Waals surface area contributed by atoms with E-state index in [-0.39, 0.29) is 5.91 Å². The average Bonchev–Trinajstić information content (AvgIpc) is 3.09. The lowest BCUT2D eigenvalue weighted by Gasteiger charge is -2.23. The van der Waals surface area contributed by atoms with Crippen LogP contribution in [-0.2, 0) is 6.54 Å². The summed E-state index contributed by atoms with van der Waals surface area (Å²) in [5, 5.41) is 0.912. The summed E-state index contributed by atoms with van der Waals surface area (Å²) in [6.07, 6.45) is 4.63. The zero-order chi connectivity index (χ0) is 21.8. The summed E-state index contributed by atoms with van der Waals surface area (Å²) in [6.45, 7) is 4.23. The number of hydrogen-bond donors (Lipinski definition) is 0. The topological polar surface area (TPSA) is 49.3 Å². The van der Waals surface area contributed by atoms with Crippen molar-refractivity contribution in [1.82, 2.24) is 19.8 Å². The first kappa shape index (κ1) is 20.3. The molecule has 160 valence electrons. The van der Waals surface area contributed by atoms with Crippen molar-refractivity contribution in [2.75, 3.05) is 26.2 Å². The second-order valence-corrected chi connectivity index (χ2v) is 8.22. The highest BCUT2D eigenvalue weighted by Gasteiger charge is 2.23. The van der Waals surface area contributed by atoms with Crippen molar-refractivity contribution in [1.29, 1.82) is 0 Å². The van der Waals surface area contributed by atoms with Crippen molar-refractivity contribution in [2.24, 2.45) is 0 Å². The Morgan fingerprint density at radius 1 is 0.844 bits per heavy atom. The third-order valence-corrected chi connectivity index (χ3v) is 6.05. The zero-order valence-corrected chi connectivity index (χ0v) is 18.0. The fourth-order valence-electron chi connectivity index (χ4n) is 4.36. The lowest BCUT2D eigenvalue weighted by atomic mass is 10.0. The molecule has 0 radical (unpaired) electrons. The van der Waals surface area contributed by atoms with Gasteiger partial charge in [-0.2, -0.15) is 0 Å². The third kappa shape index (κ3) is 4.39. The predicted octanol–water partition coefficient (Wildman–Crippen LogP) is 4.64. The van der Waals surface area contributed by atoms with Gasteiger partial charge in [0.15, 0.2) is 0 Å². The molecule has 2 aromatic carbocycles. The van der Waals surface area contributed by atoms with E-state index in [1.54, 1.807) is 0 Å². The number of para-hydroxylation sites is 1. The van der Waals surface area contributed by atoms with Crippen LogP contribution in [0.2, 0.25) is 0 Å². The number of rotatable bonds is 4. The molecule has 1 aliphatic heterocycles. The van der Waals surface area contributed by atoms with Gasteiger partial charge in [-0.3, -0.25) is 14.7 Å². The maximum Gasteiger partial charge on any atom is 0.254 e. The molecule has 0 bridgehead atoms. The molecular weight excluding hydrogens is 396 g/mol. The highest BCUT2D eigenvalue weighted by molar-refractivity contribution is 6.07. The standard InChI is InChI=1S/C27H26N4O/c32-27(31-16-6-15-30(17-18-31)20-21-11-13-28-14-12-21)24-19-26(22-7-2-1-3-8-22)29-25-10-5-4-9-23(24)25/h1-5,7-14,19H,6,15-18,20H2. The van der Waals surface area contributed by atoms with Gasteiger partial charge in [0.2, 0.25) is 0 Å². The van der Waals surface area contributed by atoms with Gasteiger partial charge in [0.25, 0.3) is 5.91 Å². The van der Waals surface area contributed by atoms with Crippen LogP contribution in [0.5, 0.6) is 0 Å². The van der Waals surface area contributed by atoms with Crippen LogP contribution in [0.25, 0.3) is 22.2 Å². The second-order valence-electron chi connectivity index (χ2n) is 8.22. The molecule has 1 amide bonds. The Hall–Kier alpha value is -3.57. The fourth-order valence-corrected chi connectivity index (χ4v) is 4.36. The number of pyridine rings is 2. The first-order valence-corrected chi connectivity index (χ1v) is 11.1. The van der Waals surface area contributed by atoms with Crippen LogP contribution in [0.3, 0.4) is 0 Å². The summed E-state index contributed by atoms with van der Waals surface area (Å²) in [7, 11) is 0. The van der Waals surface area contributed by atoms with Gasteiger partial charge >= 0.3 is 0 Å². The van der Waals surface area contributed by atoms with E-state index < -0.39 is 0 Å². The molecule has 0 spiro atoms. The second kappa shape index (κ2) is 9.28. The predicted molar refractivity (Wildman–Crippen MR) is 127 cm³/mol. The Bertz CT molecular complexity index is 1210. The van der Waals surface area contributed by atoms with Crippen molar-refractivity contribution in [3.05, 3.63) is 96.3 Å². The first-order chi connectivity index (χ1) is 15.8. The summed E-state index contributed by atoms with van der Waals surface area (Å²) in [4.78, 5) is 27.0. The van der Waals surface area contributed by atoms with E-state index in [9.17, 15) is 4.79 Å². The van der Waals surface area contributed by atoms with Gasteiger partial charge in [-0.05, 0) is 36.2 Å². The molecular formula is C27H26N4O. The Balaban J connectivity index is 1.40. The highest BCUT2D eigenvalue weighted by Crippen LogP contribution is 2.26. The zero-order valence-electron chi connectivity index (χ0n) is 18.0. The molecule has 5 nitrogen and oxygen atoms in total. The smallest absolute Gasteiger partial charge is 0.254 e. The van der Waals surface area contributed by atoms with Crippen LogP contribution in [-0.4, -0.2) is 51.9 Å². The molecule has 5 rings (SSSR count). The van der Waals surface area contributed by atoms with Crippen molar-refractivity contribution < 1.29 is 4.79 Å². The number of carbonyl (C=O) groups excluding carboxylic acids is 1. The van der Waals surface area contributed by atoms with Crippen LogP contribution in [0.4, 0.5) is 0 Å². The molecule has 0 aliphatic carbocycles. The fraction of sp³-hybridized carbons (Fsp3) is 0.222. The molecule has 0 saturated carbocycles. The molecule has 1 aliphatic rings. The lowest BCUT2D eigenvalue weighted by Crippen LogP contribution is -2.35. The summed E-state index contributed by atoms with van der Waals surface area (Å²) >= 11 is 0. The number of benzene rings is 2. The summed E-state index contributed by atoms with van der Waals surface area (Å²) in [5.41, 5.74) is 4.70. The Labute approximate surface area is 188 Å². The minimum Gasteiger partial charge on any atom is -0.337 e. The van der Waals surface area contributed by atoms with Gasteiger partial charge in [-0.25, -0.2) is 4.98 Å². The van der Waals surface area contributed by atoms with E-state index >= 15 is 0 Å². The van der Waals surface area contributed by atoms with Crippen LogP contribution in [0.1, 0.15) is 22.3 Å². The number of nitrogens with zero attached hydrogens (tertiary/aromatic N) is 4. The van der Waals surface area contributed by atoms with E-state index in [0.717, 1.165) is 66.9 Å². The quantitative estimate of drug-likeness (QED) is 0.481. The maximum absolute atomic E-state index is 13.7. The lowest BCUT2D eigenvalue weighted by molar-refractivity contribution is 0.0763. The number of aromatic nitrogens is 2. The summed E-state index contributed by atoms with van der Waals surface area (Å²) < 4.78 is 0. The van der Waals surface area contributed by atoms with Crippen LogP contribution in [0.15, 0.2) is 85.2 Å². The SMILES string of the molecule is O=C(c1cc(-c2ccccc2)nc2ccccc12)N1CCCN(Cc2ccncc2)CC1. The van der Waals surface area contributed by atoms with Gasteiger partial charge in [-0.1, -0.05) is 48.5 Å². The van der Waals surface area contributed by atoms with E-state index in [1.807, 2.05) is 78.0 Å². The molecule has 1 saturated heterocycles. The van der Waals surface area contributed by atoms with E-state index in [0.29, 0.717) is 0 Å². The molecule has 2 aromatic heterocycles. The van der Waals surface area contributed by atoms with Crippen molar-refractivity contribution in [3.63, 3.8) is 0 Å². The molecule has 3 heterocycles. The average molecular weight is 423 g/mol. The normalized spacial score (nSPS) is 14.9. The molecule has 32 heavy (non-hydrogen) atoms. The number of hydrogen-bond acceptors (Lipinski definition) is 4. The minimum atomic E-state index is 0.0894. The van der Waals surface area contributed by atoms with Gasteiger partial charge in [-0.15, -0.1) is 0 Å². The van der Waals surface area contributed by atoms with Crippen molar-refractivity contribution >= 4 is 16.8 Å². The molecule has 1 fully saturated rings. The van der Waals surface area contributed by atoms with E-state index in [1.165, 1.54) is 5.56 Å². The number of carbonyl (C=O) groups is 1. The molecule has 0 atom stereocenters. The van der Waals surface area contributed by atoms with Gasteiger partial charge in [0.05, 0.1) is 16.8 Å². The Kier molecular flexibility index (Phi) is 5.90. The van der Waals surface area contributed by atoms with Crippen molar-refractivity contribution in [3.8, 4) is 11.3 Å².